The maximum absolute atomic E-state index is 12.6. The highest BCUT2D eigenvalue weighted by atomic mass is 16.5. The molecule has 0 aliphatic carbocycles. The number of amides is 1. The van der Waals surface area contributed by atoms with Gasteiger partial charge in [-0.2, -0.15) is 0 Å². The first kappa shape index (κ1) is 19.8. The Morgan fingerprint density at radius 2 is 1.89 bits per heavy atom. The average Bonchev–Trinajstić information content (AvgIpc) is 3.07. The molecule has 2 saturated heterocycles. The second kappa shape index (κ2) is 8.82. The van der Waals surface area contributed by atoms with Gasteiger partial charge >= 0.3 is 0 Å². The van der Waals surface area contributed by atoms with E-state index in [1.54, 1.807) is 29.2 Å². The Balaban J connectivity index is 1.55. The summed E-state index contributed by atoms with van der Waals surface area (Å²) in [5.74, 6) is 0.335. The number of ether oxygens (including phenoxy) is 2. The first-order valence-electron chi connectivity index (χ1n) is 9.49. The summed E-state index contributed by atoms with van der Waals surface area (Å²) in [7, 11) is 0. The minimum atomic E-state index is -1.06. The summed E-state index contributed by atoms with van der Waals surface area (Å²) in [4.78, 5) is 27.7. The number of rotatable bonds is 6. The number of aliphatic hydroxyl groups is 1. The molecule has 0 unspecified atom stereocenters. The Bertz CT molecular complexity index is 657. The highest BCUT2D eigenvalue weighted by molar-refractivity contribution is 5.94. The molecular formula is C20H28N2O5. The Hall–Kier alpha value is -1.96. The van der Waals surface area contributed by atoms with Crippen molar-refractivity contribution in [1.82, 2.24) is 9.80 Å². The van der Waals surface area contributed by atoms with E-state index in [9.17, 15) is 14.7 Å². The third-order valence-electron chi connectivity index (χ3n) is 5.05. The average molecular weight is 376 g/mol. The van der Waals surface area contributed by atoms with Crippen LogP contribution in [-0.2, 0) is 9.53 Å². The standard InChI is InChI=1S/C20H28N2O5/c1-16(23)17-4-6-18(7-5-17)27-12-19(24)22-10-11-26-15-20(25,14-22)13-21-8-2-3-9-21/h4-7,25H,2-3,8-15H2,1H3/t20-/m0/s1. The van der Waals surface area contributed by atoms with Crippen LogP contribution in [-0.4, -0.2) is 84.7 Å². The lowest BCUT2D eigenvalue weighted by molar-refractivity contribution is -0.136. The number of β-amino-alcohol motifs (C(OH)–C–C–N with tert-alkyl or cyclic N) is 1. The van der Waals surface area contributed by atoms with E-state index < -0.39 is 5.60 Å². The predicted octanol–water partition coefficient (Wildman–Crippen LogP) is 0.954. The van der Waals surface area contributed by atoms with Gasteiger partial charge in [0.25, 0.3) is 5.91 Å². The van der Waals surface area contributed by atoms with Crippen LogP contribution >= 0.6 is 0 Å². The second-order valence-corrected chi connectivity index (χ2v) is 7.44. The molecule has 27 heavy (non-hydrogen) atoms. The number of nitrogens with zero attached hydrogens (tertiary/aromatic N) is 2. The van der Waals surface area contributed by atoms with Gasteiger partial charge in [0.15, 0.2) is 12.4 Å². The Morgan fingerprint density at radius 1 is 1.19 bits per heavy atom. The lowest BCUT2D eigenvalue weighted by Crippen LogP contribution is -2.53. The highest BCUT2D eigenvalue weighted by Crippen LogP contribution is 2.18. The van der Waals surface area contributed by atoms with E-state index in [1.807, 2.05) is 0 Å². The van der Waals surface area contributed by atoms with Gasteiger partial charge < -0.3 is 24.4 Å². The van der Waals surface area contributed by atoms with Gasteiger partial charge in [-0.05, 0) is 57.1 Å². The number of carbonyl (C=O) groups is 2. The zero-order valence-electron chi connectivity index (χ0n) is 15.9. The number of ketones is 1. The van der Waals surface area contributed by atoms with E-state index in [2.05, 4.69) is 4.90 Å². The molecule has 2 aliphatic heterocycles. The van der Waals surface area contributed by atoms with Crippen LogP contribution in [0.1, 0.15) is 30.1 Å². The van der Waals surface area contributed by atoms with Crippen LogP contribution in [0.3, 0.4) is 0 Å². The number of carbonyl (C=O) groups excluding carboxylic acids is 2. The molecule has 148 valence electrons. The summed E-state index contributed by atoms with van der Waals surface area (Å²) in [6.07, 6.45) is 2.30. The van der Waals surface area contributed by atoms with Gasteiger partial charge in [0.1, 0.15) is 11.4 Å². The Labute approximate surface area is 159 Å². The minimum absolute atomic E-state index is 0.0144. The molecule has 0 saturated carbocycles. The van der Waals surface area contributed by atoms with Crippen LogP contribution in [0.5, 0.6) is 5.75 Å². The van der Waals surface area contributed by atoms with Crippen molar-refractivity contribution in [1.29, 1.82) is 0 Å². The molecule has 7 heteroatoms. The number of benzene rings is 1. The first-order chi connectivity index (χ1) is 13.0. The molecule has 0 spiro atoms. The van der Waals surface area contributed by atoms with E-state index in [-0.39, 0.29) is 31.4 Å². The van der Waals surface area contributed by atoms with E-state index in [0.29, 0.717) is 31.0 Å². The first-order valence-corrected chi connectivity index (χ1v) is 9.49. The van der Waals surface area contributed by atoms with Crippen molar-refractivity contribution in [3.8, 4) is 5.75 Å². The number of likely N-dealkylation sites (tertiary alicyclic amines) is 1. The van der Waals surface area contributed by atoms with Crippen molar-refractivity contribution in [2.24, 2.45) is 0 Å². The quantitative estimate of drug-likeness (QED) is 0.745. The zero-order chi connectivity index (χ0) is 19.3. The molecule has 1 aromatic rings. The van der Waals surface area contributed by atoms with Gasteiger partial charge in [0.05, 0.1) is 19.8 Å². The fourth-order valence-corrected chi connectivity index (χ4v) is 3.60. The molecule has 3 rings (SSSR count). The van der Waals surface area contributed by atoms with Crippen LogP contribution < -0.4 is 4.74 Å². The van der Waals surface area contributed by atoms with E-state index >= 15 is 0 Å². The monoisotopic (exact) mass is 376 g/mol. The van der Waals surface area contributed by atoms with Crippen molar-refractivity contribution in [2.75, 3.05) is 52.5 Å². The molecule has 2 aliphatic rings. The molecule has 2 fully saturated rings. The summed E-state index contributed by atoms with van der Waals surface area (Å²) >= 11 is 0. The van der Waals surface area contributed by atoms with E-state index in [1.165, 1.54) is 6.92 Å². The van der Waals surface area contributed by atoms with Crippen LogP contribution in [0.2, 0.25) is 0 Å². The van der Waals surface area contributed by atoms with Gasteiger partial charge in [-0.3, -0.25) is 9.59 Å². The summed E-state index contributed by atoms with van der Waals surface area (Å²) in [6.45, 7) is 5.20. The third-order valence-corrected chi connectivity index (χ3v) is 5.05. The molecule has 1 N–H and O–H groups in total. The molecule has 1 atom stereocenters. The number of hydrogen-bond donors (Lipinski definition) is 1. The zero-order valence-corrected chi connectivity index (χ0v) is 15.9. The summed E-state index contributed by atoms with van der Waals surface area (Å²) in [5.41, 5.74) is -0.454. The molecule has 1 aromatic carbocycles. The second-order valence-electron chi connectivity index (χ2n) is 7.44. The van der Waals surface area contributed by atoms with E-state index in [4.69, 9.17) is 9.47 Å². The lowest BCUT2D eigenvalue weighted by Gasteiger charge is -2.33. The van der Waals surface area contributed by atoms with Gasteiger partial charge in [0.2, 0.25) is 0 Å². The SMILES string of the molecule is CC(=O)c1ccc(OCC(=O)N2CCOC[C@](O)(CN3CCCC3)C2)cc1. The topological polar surface area (TPSA) is 79.3 Å². The van der Waals surface area contributed by atoms with Crippen LogP contribution in [0.4, 0.5) is 0 Å². The predicted molar refractivity (Wildman–Crippen MR) is 100.0 cm³/mol. The van der Waals surface area contributed by atoms with Gasteiger partial charge in [-0.25, -0.2) is 0 Å². The van der Waals surface area contributed by atoms with Crippen LogP contribution in [0.25, 0.3) is 0 Å². The van der Waals surface area contributed by atoms with Gasteiger partial charge in [0, 0.05) is 18.7 Å². The highest BCUT2D eigenvalue weighted by Gasteiger charge is 2.36. The maximum Gasteiger partial charge on any atom is 0.260 e. The van der Waals surface area contributed by atoms with Gasteiger partial charge in [-0.1, -0.05) is 0 Å². The van der Waals surface area contributed by atoms with Crippen LogP contribution in [0.15, 0.2) is 24.3 Å². The molecular weight excluding hydrogens is 348 g/mol. The summed E-state index contributed by atoms with van der Waals surface area (Å²) in [5, 5.41) is 11.0. The molecule has 7 nitrogen and oxygen atoms in total. The smallest absolute Gasteiger partial charge is 0.260 e. The maximum atomic E-state index is 12.6. The fraction of sp³-hybridized carbons (Fsp3) is 0.600. The molecule has 2 heterocycles. The molecule has 1 amide bonds. The van der Waals surface area contributed by atoms with Crippen LogP contribution in [0, 0.1) is 0 Å². The number of Topliss-reactive ketones (excluding diaryl/α,β-unsaturated/α-hetero) is 1. The summed E-state index contributed by atoms with van der Waals surface area (Å²) in [6, 6.07) is 6.71. The molecule has 0 aromatic heterocycles. The van der Waals surface area contributed by atoms with Crippen molar-refractivity contribution >= 4 is 11.7 Å². The Kier molecular flexibility index (Phi) is 6.46. The largest absolute Gasteiger partial charge is 0.484 e. The summed E-state index contributed by atoms with van der Waals surface area (Å²) < 4.78 is 11.1. The molecule has 0 bridgehead atoms. The van der Waals surface area contributed by atoms with Crippen molar-refractivity contribution in [3.05, 3.63) is 29.8 Å². The lowest BCUT2D eigenvalue weighted by atomic mass is 10.0. The number of hydrogen-bond acceptors (Lipinski definition) is 6. The van der Waals surface area contributed by atoms with Crippen molar-refractivity contribution < 1.29 is 24.2 Å². The Morgan fingerprint density at radius 3 is 2.56 bits per heavy atom. The van der Waals surface area contributed by atoms with E-state index in [0.717, 1.165) is 25.9 Å². The normalized spacial score (nSPS) is 23.9. The van der Waals surface area contributed by atoms with Gasteiger partial charge in [-0.15, -0.1) is 0 Å². The minimum Gasteiger partial charge on any atom is -0.484 e. The van der Waals surface area contributed by atoms with Crippen molar-refractivity contribution in [3.63, 3.8) is 0 Å². The third kappa shape index (κ3) is 5.51. The fourth-order valence-electron chi connectivity index (χ4n) is 3.60. The van der Waals surface area contributed by atoms with Crippen molar-refractivity contribution in [2.45, 2.75) is 25.4 Å². The molecule has 0 radical (unpaired) electrons.